The molecule has 3 heterocycles. The highest BCUT2D eigenvalue weighted by atomic mass is 16.7. The van der Waals surface area contributed by atoms with Crippen LogP contribution in [0, 0.1) is 0 Å². The number of aromatic amines is 1. The molecule has 1 aliphatic rings. The molecule has 0 unspecified atom stereocenters. The van der Waals surface area contributed by atoms with Crippen LogP contribution in [0.25, 0.3) is 11.2 Å². The average molecular weight is 576 g/mol. The number of esters is 3. The number of aromatic nitrogens is 4. The number of nitrogens with one attached hydrogen (secondary N) is 2. The first-order valence-electron chi connectivity index (χ1n) is 12.8. The molecule has 2 aromatic carbocycles. The zero-order valence-corrected chi connectivity index (χ0v) is 22.4. The molecule has 0 saturated carbocycles. The lowest BCUT2D eigenvalue weighted by Crippen LogP contribution is -2.41. The first-order chi connectivity index (χ1) is 20.2. The minimum atomic E-state index is -1.28. The minimum absolute atomic E-state index is 0.0141. The Labute approximate surface area is 237 Å². The summed E-state index contributed by atoms with van der Waals surface area (Å²) in [6, 6.07) is 16.4. The Morgan fingerprint density at radius 2 is 1.57 bits per heavy atom. The van der Waals surface area contributed by atoms with Gasteiger partial charge in [-0.3, -0.25) is 29.3 Å². The van der Waals surface area contributed by atoms with Crippen LogP contribution in [0.3, 0.4) is 0 Å². The van der Waals surface area contributed by atoms with Gasteiger partial charge in [0.25, 0.3) is 5.56 Å². The summed E-state index contributed by atoms with van der Waals surface area (Å²) in [6.07, 6.45) is -3.65. The van der Waals surface area contributed by atoms with Crippen molar-refractivity contribution in [3.63, 3.8) is 0 Å². The number of ether oxygens (including phenoxy) is 4. The maximum Gasteiger partial charge on any atom is 0.338 e. The smallest absolute Gasteiger partial charge is 0.338 e. The van der Waals surface area contributed by atoms with Crippen molar-refractivity contribution >= 4 is 40.9 Å². The molecular formula is C28H25N5O9. The predicted octanol–water partition coefficient (Wildman–Crippen LogP) is 1.99. The Morgan fingerprint density at radius 3 is 2.19 bits per heavy atom. The molecule has 14 heteroatoms. The lowest BCUT2D eigenvalue weighted by Gasteiger charge is -2.24. The Kier molecular flexibility index (Phi) is 8.06. The van der Waals surface area contributed by atoms with Crippen LogP contribution in [0.1, 0.15) is 40.8 Å². The molecule has 1 fully saturated rings. The summed E-state index contributed by atoms with van der Waals surface area (Å²) >= 11 is 0. The number of carbonyl (C=O) groups is 4. The highest BCUT2D eigenvalue weighted by molar-refractivity contribution is 5.90. The molecule has 42 heavy (non-hydrogen) atoms. The van der Waals surface area contributed by atoms with Gasteiger partial charge in [0.1, 0.15) is 12.7 Å². The highest BCUT2D eigenvalue weighted by Crippen LogP contribution is 2.36. The van der Waals surface area contributed by atoms with Crippen LogP contribution in [0.15, 0.2) is 71.8 Å². The summed E-state index contributed by atoms with van der Waals surface area (Å²) in [4.78, 5) is 73.0. The summed E-state index contributed by atoms with van der Waals surface area (Å²) in [5, 5.41) is 2.40. The van der Waals surface area contributed by atoms with E-state index in [0.717, 1.165) is 0 Å². The van der Waals surface area contributed by atoms with Gasteiger partial charge in [-0.15, -0.1) is 0 Å². The van der Waals surface area contributed by atoms with E-state index in [1.807, 2.05) is 0 Å². The van der Waals surface area contributed by atoms with Crippen LogP contribution in [0.4, 0.5) is 5.95 Å². The molecule has 2 aromatic heterocycles. The maximum atomic E-state index is 13.1. The van der Waals surface area contributed by atoms with Gasteiger partial charge in [-0.25, -0.2) is 14.6 Å². The van der Waals surface area contributed by atoms with E-state index in [1.165, 1.54) is 24.7 Å². The minimum Gasteiger partial charge on any atom is -0.459 e. The first-order valence-corrected chi connectivity index (χ1v) is 12.8. The van der Waals surface area contributed by atoms with Gasteiger partial charge in [-0.2, -0.15) is 4.98 Å². The average Bonchev–Trinajstić information content (AvgIpc) is 3.53. The number of fused-ring (bicyclic) bond motifs is 1. The van der Waals surface area contributed by atoms with Gasteiger partial charge in [0, 0.05) is 13.8 Å². The van der Waals surface area contributed by atoms with E-state index in [2.05, 4.69) is 20.3 Å². The lowest BCUT2D eigenvalue weighted by atomic mass is 10.1. The van der Waals surface area contributed by atoms with Gasteiger partial charge in [0.05, 0.1) is 17.5 Å². The molecule has 1 aliphatic heterocycles. The SMILES string of the molecule is CC(=O)Nc1nc2c(ncn2[C@H]2O[C@@H](COC(=O)c3ccccc3)[C@@H](OC(=O)c3ccccc3)[C@@H]2OC(C)=O)c(=O)[nH]1. The lowest BCUT2D eigenvalue weighted by molar-refractivity contribution is -0.156. The van der Waals surface area contributed by atoms with Gasteiger partial charge >= 0.3 is 17.9 Å². The number of benzene rings is 2. The van der Waals surface area contributed by atoms with Crippen molar-refractivity contribution in [2.24, 2.45) is 0 Å². The van der Waals surface area contributed by atoms with Crippen molar-refractivity contribution in [2.75, 3.05) is 11.9 Å². The largest absolute Gasteiger partial charge is 0.459 e. The molecule has 1 amide bonds. The van der Waals surface area contributed by atoms with Gasteiger partial charge in [0.15, 0.2) is 29.6 Å². The van der Waals surface area contributed by atoms with Crippen LogP contribution < -0.4 is 10.9 Å². The number of nitrogens with zero attached hydrogens (tertiary/aromatic N) is 3. The summed E-state index contributed by atoms with van der Waals surface area (Å²) in [5.41, 5.74) is -0.240. The van der Waals surface area contributed by atoms with Gasteiger partial charge in [-0.05, 0) is 24.3 Å². The quantitative estimate of drug-likeness (QED) is 0.232. The second-order valence-electron chi connectivity index (χ2n) is 9.26. The van der Waals surface area contributed by atoms with Crippen molar-refractivity contribution in [2.45, 2.75) is 38.4 Å². The Morgan fingerprint density at radius 1 is 0.929 bits per heavy atom. The van der Waals surface area contributed by atoms with E-state index in [-0.39, 0.29) is 34.8 Å². The number of amides is 1. The molecular weight excluding hydrogens is 550 g/mol. The Bertz CT molecular complexity index is 1690. The molecule has 14 nitrogen and oxygen atoms in total. The number of anilines is 1. The predicted molar refractivity (Wildman–Crippen MR) is 144 cm³/mol. The fourth-order valence-corrected chi connectivity index (χ4v) is 4.45. The molecule has 4 atom stereocenters. The zero-order valence-electron chi connectivity index (χ0n) is 22.4. The van der Waals surface area contributed by atoms with Gasteiger partial charge < -0.3 is 18.9 Å². The molecule has 4 aromatic rings. The monoisotopic (exact) mass is 575 g/mol. The zero-order chi connectivity index (χ0) is 29.8. The third kappa shape index (κ3) is 6.02. The molecule has 0 spiro atoms. The summed E-state index contributed by atoms with van der Waals surface area (Å²) in [7, 11) is 0. The second kappa shape index (κ2) is 12.0. The second-order valence-corrected chi connectivity index (χ2v) is 9.26. The number of hydrogen-bond acceptors (Lipinski definition) is 11. The van der Waals surface area contributed by atoms with E-state index < -0.39 is 53.9 Å². The van der Waals surface area contributed by atoms with Crippen molar-refractivity contribution in [3.8, 4) is 0 Å². The number of rotatable bonds is 8. The van der Waals surface area contributed by atoms with Crippen molar-refractivity contribution < 1.29 is 38.1 Å². The van der Waals surface area contributed by atoms with Crippen LogP contribution in [0.2, 0.25) is 0 Å². The van der Waals surface area contributed by atoms with Crippen LogP contribution in [-0.2, 0) is 28.5 Å². The summed E-state index contributed by atoms with van der Waals surface area (Å²) in [6.45, 7) is 2.03. The fourth-order valence-electron chi connectivity index (χ4n) is 4.45. The first kappa shape index (κ1) is 28.2. The van der Waals surface area contributed by atoms with Gasteiger partial charge in [-0.1, -0.05) is 36.4 Å². The van der Waals surface area contributed by atoms with E-state index in [9.17, 15) is 24.0 Å². The molecule has 5 rings (SSSR count). The third-order valence-electron chi connectivity index (χ3n) is 6.23. The van der Waals surface area contributed by atoms with E-state index in [4.69, 9.17) is 18.9 Å². The van der Waals surface area contributed by atoms with Crippen LogP contribution in [0.5, 0.6) is 0 Å². The number of carbonyl (C=O) groups excluding carboxylic acids is 4. The highest BCUT2D eigenvalue weighted by Gasteiger charge is 2.51. The summed E-state index contributed by atoms with van der Waals surface area (Å²) < 4.78 is 24.3. The number of H-pyrrole nitrogens is 1. The Balaban J connectivity index is 1.52. The number of imidazole rings is 1. The number of hydrogen-bond donors (Lipinski definition) is 2. The molecule has 0 radical (unpaired) electrons. The van der Waals surface area contributed by atoms with Crippen LogP contribution >= 0.6 is 0 Å². The normalized spacial score (nSPS) is 19.7. The van der Waals surface area contributed by atoms with E-state index >= 15 is 0 Å². The van der Waals surface area contributed by atoms with E-state index in [0.29, 0.717) is 0 Å². The summed E-state index contributed by atoms with van der Waals surface area (Å²) in [5.74, 6) is -2.73. The molecule has 1 saturated heterocycles. The maximum absolute atomic E-state index is 13.1. The standard InChI is InChI=1S/C28H25N5O9/c1-15(34)30-28-31-23-20(24(36)32-28)29-14-33(23)25-22(40-16(2)35)21(42-27(38)18-11-7-4-8-12-18)19(41-25)13-39-26(37)17-9-5-3-6-10-17/h3-12,14,19,21-22,25H,13H2,1-2H3,(H2,30,31,32,34,36)/t19-,21+,22-,25-/m0/s1. The molecule has 2 N–H and O–H groups in total. The van der Waals surface area contributed by atoms with Crippen molar-refractivity contribution in [1.82, 2.24) is 19.5 Å². The topological polar surface area (TPSA) is 181 Å². The van der Waals surface area contributed by atoms with E-state index in [1.54, 1.807) is 60.7 Å². The van der Waals surface area contributed by atoms with Crippen molar-refractivity contribution in [1.29, 1.82) is 0 Å². The third-order valence-corrected chi connectivity index (χ3v) is 6.23. The molecule has 0 bridgehead atoms. The molecule has 0 aliphatic carbocycles. The molecule has 216 valence electrons. The fraction of sp³-hybridized carbons (Fsp3) is 0.250. The van der Waals surface area contributed by atoms with Crippen molar-refractivity contribution in [3.05, 3.63) is 88.5 Å². The van der Waals surface area contributed by atoms with Gasteiger partial charge in [0.2, 0.25) is 11.9 Å². The van der Waals surface area contributed by atoms with Crippen LogP contribution in [-0.4, -0.2) is 68.3 Å². The Hall–Kier alpha value is -5.37.